The first kappa shape index (κ1) is 14.2. The number of alkyl halides is 3. The van der Waals surface area contributed by atoms with Gasteiger partial charge in [0.05, 0.1) is 0 Å². The molecule has 0 spiro atoms. The van der Waals surface area contributed by atoms with Gasteiger partial charge in [-0.2, -0.15) is 0 Å². The molecule has 1 aliphatic carbocycles. The van der Waals surface area contributed by atoms with Crippen LogP contribution in [0.5, 0.6) is 5.75 Å². The Bertz CT molecular complexity index is 408. The number of hydrogen-bond acceptors (Lipinski definition) is 2. The highest BCUT2D eigenvalue weighted by molar-refractivity contribution is 5.33. The molecule has 2 nitrogen and oxygen atoms in total. The van der Waals surface area contributed by atoms with Gasteiger partial charge >= 0.3 is 6.36 Å². The lowest BCUT2D eigenvalue weighted by molar-refractivity contribution is -0.274. The lowest BCUT2D eigenvalue weighted by Gasteiger charge is -2.36. The van der Waals surface area contributed by atoms with Crippen LogP contribution in [0.1, 0.15) is 37.7 Å². The summed E-state index contributed by atoms with van der Waals surface area (Å²) in [5.74, 6) is -0.181. The third-order valence-electron chi connectivity index (χ3n) is 3.90. The molecule has 1 aromatic rings. The van der Waals surface area contributed by atoms with Crippen molar-refractivity contribution in [1.82, 2.24) is 0 Å². The predicted molar refractivity (Wildman–Crippen MR) is 66.9 cm³/mol. The Balaban J connectivity index is 2.16. The standard InChI is InChI=1S/C14H18F3NO/c15-14(16,17)19-12-6-4-11(5-7-12)13(10-18)8-2-1-3-9-13/h4-7H,1-3,8-10,18H2. The predicted octanol–water partition coefficient (Wildman–Crippen LogP) is 3.75. The Hall–Kier alpha value is -1.23. The number of ether oxygens (including phenoxy) is 1. The molecular weight excluding hydrogens is 255 g/mol. The summed E-state index contributed by atoms with van der Waals surface area (Å²) in [4.78, 5) is 0. The molecular formula is C14H18F3NO. The molecule has 1 fully saturated rings. The van der Waals surface area contributed by atoms with Gasteiger partial charge in [-0.05, 0) is 30.5 Å². The maximum atomic E-state index is 12.1. The third kappa shape index (κ3) is 3.41. The quantitative estimate of drug-likeness (QED) is 0.910. The van der Waals surface area contributed by atoms with Gasteiger partial charge in [-0.15, -0.1) is 13.2 Å². The summed E-state index contributed by atoms with van der Waals surface area (Å²) in [7, 11) is 0. The highest BCUT2D eigenvalue weighted by Crippen LogP contribution is 2.39. The molecule has 2 rings (SSSR count). The van der Waals surface area contributed by atoms with E-state index < -0.39 is 6.36 Å². The molecule has 2 N–H and O–H groups in total. The average Bonchev–Trinajstić information content (AvgIpc) is 2.38. The fourth-order valence-electron chi connectivity index (χ4n) is 2.85. The van der Waals surface area contributed by atoms with E-state index in [9.17, 15) is 13.2 Å². The summed E-state index contributed by atoms with van der Waals surface area (Å²) in [5, 5.41) is 0. The Kier molecular flexibility index (Phi) is 4.04. The van der Waals surface area contributed by atoms with E-state index in [-0.39, 0.29) is 11.2 Å². The van der Waals surface area contributed by atoms with Crippen molar-refractivity contribution in [3.8, 4) is 5.75 Å². The number of nitrogens with two attached hydrogens (primary N) is 1. The van der Waals surface area contributed by atoms with Crippen LogP contribution < -0.4 is 10.5 Å². The smallest absolute Gasteiger partial charge is 0.406 e. The lowest BCUT2D eigenvalue weighted by Crippen LogP contribution is -2.37. The monoisotopic (exact) mass is 273 g/mol. The second kappa shape index (κ2) is 5.41. The molecule has 0 amide bonds. The van der Waals surface area contributed by atoms with Crippen LogP contribution in [0, 0.1) is 0 Å². The van der Waals surface area contributed by atoms with Crippen LogP contribution in [0.2, 0.25) is 0 Å². The highest BCUT2D eigenvalue weighted by Gasteiger charge is 2.33. The van der Waals surface area contributed by atoms with Crippen molar-refractivity contribution in [3.05, 3.63) is 29.8 Å². The second-order valence-corrected chi connectivity index (χ2v) is 5.12. The van der Waals surface area contributed by atoms with E-state index in [1.165, 1.54) is 18.6 Å². The summed E-state index contributed by atoms with van der Waals surface area (Å²) < 4.78 is 40.2. The molecule has 5 heteroatoms. The van der Waals surface area contributed by atoms with Gasteiger partial charge in [0.2, 0.25) is 0 Å². The van der Waals surface area contributed by atoms with Crippen LogP contribution >= 0.6 is 0 Å². The lowest BCUT2D eigenvalue weighted by atomic mass is 9.69. The second-order valence-electron chi connectivity index (χ2n) is 5.12. The van der Waals surface area contributed by atoms with E-state index in [0.29, 0.717) is 6.54 Å². The number of benzene rings is 1. The summed E-state index contributed by atoms with van der Waals surface area (Å²) >= 11 is 0. The van der Waals surface area contributed by atoms with Crippen molar-refractivity contribution in [2.45, 2.75) is 43.9 Å². The molecule has 0 saturated heterocycles. The molecule has 0 aliphatic heterocycles. The van der Waals surface area contributed by atoms with E-state index in [0.717, 1.165) is 31.2 Å². The zero-order chi connectivity index (χ0) is 13.9. The molecule has 1 saturated carbocycles. The van der Waals surface area contributed by atoms with Crippen molar-refractivity contribution in [1.29, 1.82) is 0 Å². The number of rotatable bonds is 3. The molecule has 1 aromatic carbocycles. The molecule has 0 aromatic heterocycles. The van der Waals surface area contributed by atoms with Crippen molar-refractivity contribution >= 4 is 0 Å². The van der Waals surface area contributed by atoms with Gasteiger partial charge in [0.15, 0.2) is 0 Å². The molecule has 0 atom stereocenters. The molecule has 19 heavy (non-hydrogen) atoms. The summed E-state index contributed by atoms with van der Waals surface area (Å²) in [6, 6.07) is 6.15. The Morgan fingerprint density at radius 1 is 1.05 bits per heavy atom. The molecule has 0 bridgehead atoms. The van der Waals surface area contributed by atoms with Crippen LogP contribution in [0.3, 0.4) is 0 Å². The summed E-state index contributed by atoms with van der Waals surface area (Å²) in [6.07, 6.45) is 0.816. The summed E-state index contributed by atoms with van der Waals surface area (Å²) in [6.45, 7) is 0.534. The molecule has 0 heterocycles. The van der Waals surface area contributed by atoms with E-state index in [2.05, 4.69) is 4.74 Å². The number of halogens is 3. The first-order valence-electron chi connectivity index (χ1n) is 6.52. The van der Waals surface area contributed by atoms with Gasteiger partial charge < -0.3 is 10.5 Å². The van der Waals surface area contributed by atoms with E-state index >= 15 is 0 Å². The van der Waals surface area contributed by atoms with Gasteiger partial charge in [0, 0.05) is 12.0 Å². The Morgan fingerprint density at radius 3 is 2.11 bits per heavy atom. The summed E-state index contributed by atoms with van der Waals surface area (Å²) in [5.41, 5.74) is 6.84. The number of hydrogen-bond donors (Lipinski definition) is 1. The first-order valence-corrected chi connectivity index (χ1v) is 6.52. The van der Waals surface area contributed by atoms with E-state index in [4.69, 9.17) is 5.73 Å². The maximum Gasteiger partial charge on any atom is 0.573 e. The minimum Gasteiger partial charge on any atom is -0.406 e. The zero-order valence-electron chi connectivity index (χ0n) is 10.7. The van der Waals surface area contributed by atoms with Crippen LogP contribution in [0.15, 0.2) is 24.3 Å². The molecule has 0 unspecified atom stereocenters. The van der Waals surface area contributed by atoms with E-state index in [1.54, 1.807) is 12.1 Å². The Morgan fingerprint density at radius 2 is 1.63 bits per heavy atom. The van der Waals surface area contributed by atoms with Gasteiger partial charge in [0.1, 0.15) is 5.75 Å². The third-order valence-corrected chi connectivity index (χ3v) is 3.90. The van der Waals surface area contributed by atoms with Crippen molar-refractivity contribution in [2.24, 2.45) is 5.73 Å². The molecule has 106 valence electrons. The highest BCUT2D eigenvalue weighted by atomic mass is 19.4. The maximum absolute atomic E-state index is 12.1. The average molecular weight is 273 g/mol. The van der Waals surface area contributed by atoms with Crippen LogP contribution in [0.4, 0.5) is 13.2 Å². The van der Waals surface area contributed by atoms with Gasteiger partial charge in [-0.1, -0.05) is 31.4 Å². The first-order chi connectivity index (χ1) is 8.95. The minimum atomic E-state index is -4.64. The van der Waals surface area contributed by atoms with Crippen LogP contribution in [0.25, 0.3) is 0 Å². The normalized spacial score (nSPS) is 19.2. The Labute approximate surface area is 110 Å². The van der Waals surface area contributed by atoms with Gasteiger partial charge in [-0.25, -0.2) is 0 Å². The topological polar surface area (TPSA) is 35.2 Å². The fraction of sp³-hybridized carbons (Fsp3) is 0.571. The van der Waals surface area contributed by atoms with Gasteiger partial charge in [0.25, 0.3) is 0 Å². The minimum absolute atomic E-state index is 0.0744. The zero-order valence-corrected chi connectivity index (χ0v) is 10.7. The van der Waals surface area contributed by atoms with Crippen molar-refractivity contribution < 1.29 is 17.9 Å². The SMILES string of the molecule is NCC1(c2ccc(OC(F)(F)F)cc2)CCCCC1. The van der Waals surface area contributed by atoms with Crippen molar-refractivity contribution in [3.63, 3.8) is 0 Å². The largest absolute Gasteiger partial charge is 0.573 e. The van der Waals surface area contributed by atoms with Crippen LogP contribution in [-0.2, 0) is 5.41 Å². The van der Waals surface area contributed by atoms with E-state index in [1.807, 2.05) is 0 Å². The molecule has 1 aliphatic rings. The molecule has 0 radical (unpaired) electrons. The fourth-order valence-corrected chi connectivity index (χ4v) is 2.85. The van der Waals surface area contributed by atoms with Crippen molar-refractivity contribution in [2.75, 3.05) is 6.54 Å². The van der Waals surface area contributed by atoms with Crippen LogP contribution in [-0.4, -0.2) is 12.9 Å². The van der Waals surface area contributed by atoms with Gasteiger partial charge in [-0.3, -0.25) is 0 Å².